The van der Waals surface area contributed by atoms with E-state index in [2.05, 4.69) is 26.3 Å². The predicted molar refractivity (Wildman–Crippen MR) is 96.3 cm³/mol. The topological polar surface area (TPSA) is 58.1 Å². The molecule has 0 radical (unpaired) electrons. The molecule has 5 nitrogen and oxygen atoms in total. The minimum Gasteiger partial charge on any atom is -0.356 e. The number of aromatic nitrogens is 2. The number of carbonyl (C=O) groups is 1. The highest BCUT2D eigenvalue weighted by Crippen LogP contribution is 2.20. The quantitative estimate of drug-likeness (QED) is 0.842. The van der Waals surface area contributed by atoms with Crippen LogP contribution in [-0.2, 0) is 0 Å². The Morgan fingerprint density at radius 1 is 1.17 bits per heavy atom. The number of hydrogen-bond acceptors (Lipinski definition) is 4. The second-order valence-electron chi connectivity index (χ2n) is 6.82. The van der Waals surface area contributed by atoms with Gasteiger partial charge in [-0.2, -0.15) is 0 Å². The van der Waals surface area contributed by atoms with Crippen molar-refractivity contribution in [3.63, 3.8) is 0 Å². The van der Waals surface area contributed by atoms with Crippen LogP contribution in [-0.4, -0.2) is 35.5 Å². The fourth-order valence-corrected chi connectivity index (χ4v) is 3.51. The van der Waals surface area contributed by atoms with Crippen LogP contribution in [0.5, 0.6) is 0 Å². The van der Waals surface area contributed by atoms with Crippen molar-refractivity contribution in [2.24, 2.45) is 0 Å². The molecule has 1 N–H and O–H groups in total. The van der Waals surface area contributed by atoms with E-state index in [1.54, 1.807) is 0 Å². The van der Waals surface area contributed by atoms with Crippen LogP contribution >= 0.6 is 0 Å². The SMILES string of the molecule is Cc1nc(C(=O)NCCC2=CCCCC2)cc(N2CCCCC2)n1. The van der Waals surface area contributed by atoms with Crippen LogP contribution in [0.25, 0.3) is 0 Å². The van der Waals surface area contributed by atoms with Gasteiger partial charge in [0.2, 0.25) is 0 Å². The molecular formula is C19H28N4O. The predicted octanol–water partition coefficient (Wildman–Crippen LogP) is 3.40. The number of piperidine rings is 1. The lowest BCUT2D eigenvalue weighted by Crippen LogP contribution is -2.31. The highest BCUT2D eigenvalue weighted by molar-refractivity contribution is 5.92. The Balaban J connectivity index is 1.59. The van der Waals surface area contributed by atoms with E-state index < -0.39 is 0 Å². The molecule has 130 valence electrons. The van der Waals surface area contributed by atoms with Gasteiger partial charge in [0.05, 0.1) is 0 Å². The summed E-state index contributed by atoms with van der Waals surface area (Å²) in [7, 11) is 0. The molecule has 1 amide bonds. The van der Waals surface area contributed by atoms with Crippen molar-refractivity contribution in [3.05, 3.63) is 29.2 Å². The fraction of sp³-hybridized carbons (Fsp3) is 0.632. The maximum absolute atomic E-state index is 12.4. The van der Waals surface area contributed by atoms with E-state index in [4.69, 9.17) is 0 Å². The molecule has 1 aliphatic heterocycles. The Bertz CT molecular complexity index is 605. The number of aryl methyl sites for hydroxylation is 1. The van der Waals surface area contributed by atoms with Crippen LogP contribution < -0.4 is 10.2 Å². The van der Waals surface area contributed by atoms with Gasteiger partial charge >= 0.3 is 0 Å². The summed E-state index contributed by atoms with van der Waals surface area (Å²) in [5, 5.41) is 3.02. The largest absolute Gasteiger partial charge is 0.356 e. The second kappa shape index (κ2) is 8.27. The number of nitrogens with zero attached hydrogens (tertiary/aromatic N) is 3. The summed E-state index contributed by atoms with van der Waals surface area (Å²) >= 11 is 0. The van der Waals surface area contributed by atoms with Gasteiger partial charge in [-0.3, -0.25) is 4.79 Å². The molecule has 1 aromatic heterocycles. The number of rotatable bonds is 5. The van der Waals surface area contributed by atoms with E-state index >= 15 is 0 Å². The number of amides is 1. The lowest BCUT2D eigenvalue weighted by atomic mass is 9.97. The smallest absolute Gasteiger partial charge is 0.270 e. The summed E-state index contributed by atoms with van der Waals surface area (Å²) in [4.78, 5) is 23.5. The maximum Gasteiger partial charge on any atom is 0.270 e. The van der Waals surface area contributed by atoms with Crippen molar-refractivity contribution in [1.29, 1.82) is 0 Å². The molecule has 0 unspecified atom stereocenters. The highest BCUT2D eigenvalue weighted by Gasteiger charge is 2.16. The molecule has 24 heavy (non-hydrogen) atoms. The fourth-order valence-electron chi connectivity index (χ4n) is 3.51. The third-order valence-electron chi connectivity index (χ3n) is 4.85. The summed E-state index contributed by atoms with van der Waals surface area (Å²) in [6.07, 6.45) is 11.9. The molecular weight excluding hydrogens is 300 g/mol. The molecule has 1 fully saturated rings. The number of nitrogens with one attached hydrogen (secondary N) is 1. The van der Waals surface area contributed by atoms with Gasteiger partial charge in [0, 0.05) is 25.7 Å². The van der Waals surface area contributed by atoms with Crippen molar-refractivity contribution < 1.29 is 4.79 Å². The zero-order valence-corrected chi connectivity index (χ0v) is 14.7. The van der Waals surface area contributed by atoms with E-state index in [9.17, 15) is 4.79 Å². The monoisotopic (exact) mass is 328 g/mol. The van der Waals surface area contributed by atoms with Gasteiger partial charge < -0.3 is 10.2 Å². The van der Waals surface area contributed by atoms with Gasteiger partial charge in [-0.1, -0.05) is 11.6 Å². The Morgan fingerprint density at radius 3 is 2.75 bits per heavy atom. The summed E-state index contributed by atoms with van der Waals surface area (Å²) in [5.74, 6) is 1.47. The molecule has 1 aliphatic carbocycles. The Morgan fingerprint density at radius 2 is 2.00 bits per heavy atom. The van der Waals surface area contributed by atoms with Crippen LogP contribution in [0.2, 0.25) is 0 Å². The first-order valence-electron chi connectivity index (χ1n) is 9.29. The van der Waals surface area contributed by atoms with Gasteiger partial charge in [0.25, 0.3) is 5.91 Å². The number of allylic oxidation sites excluding steroid dienone is 1. The minimum absolute atomic E-state index is 0.0878. The molecule has 0 bridgehead atoms. The van der Waals surface area contributed by atoms with Crippen LogP contribution in [0.1, 0.15) is 67.7 Å². The Hall–Kier alpha value is -1.91. The lowest BCUT2D eigenvalue weighted by Gasteiger charge is -2.28. The van der Waals surface area contributed by atoms with Gasteiger partial charge in [0.15, 0.2) is 0 Å². The first-order chi connectivity index (χ1) is 11.7. The van der Waals surface area contributed by atoms with Crippen molar-refractivity contribution in [2.75, 3.05) is 24.5 Å². The normalized spacial score (nSPS) is 18.2. The van der Waals surface area contributed by atoms with Crippen LogP contribution in [0.15, 0.2) is 17.7 Å². The van der Waals surface area contributed by atoms with Crippen molar-refractivity contribution >= 4 is 11.7 Å². The minimum atomic E-state index is -0.0878. The third kappa shape index (κ3) is 4.56. The molecule has 0 atom stereocenters. The average Bonchev–Trinajstić information content (AvgIpc) is 2.63. The van der Waals surface area contributed by atoms with E-state index in [0.717, 1.165) is 25.3 Å². The van der Waals surface area contributed by atoms with Crippen LogP contribution in [0.4, 0.5) is 5.82 Å². The molecule has 2 aliphatic rings. The standard InChI is InChI=1S/C19H28N4O/c1-15-21-17(14-18(22-15)23-12-6-3-7-13-23)19(24)20-11-10-16-8-4-2-5-9-16/h8,14H,2-7,9-13H2,1H3,(H,20,24). The zero-order valence-electron chi connectivity index (χ0n) is 14.7. The number of carbonyl (C=O) groups excluding carboxylic acids is 1. The first-order valence-corrected chi connectivity index (χ1v) is 9.29. The van der Waals surface area contributed by atoms with E-state index in [0.29, 0.717) is 18.1 Å². The molecule has 0 aromatic carbocycles. The van der Waals surface area contributed by atoms with Crippen molar-refractivity contribution in [2.45, 2.75) is 58.3 Å². The van der Waals surface area contributed by atoms with Gasteiger partial charge in [-0.25, -0.2) is 9.97 Å². The molecule has 1 aromatic rings. The number of anilines is 1. The Kier molecular flexibility index (Phi) is 5.83. The zero-order chi connectivity index (χ0) is 16.8. The molecule has 2 heterocycles. The maximum atomic E-state index is 12.4. The van der Waals surface area contributed by atoms with E-state index in [1.165, 1.54) is 50.5 Å². The average molecular weight is 328 g/mol. The van der Waals surface area contributed by atoms with Crippen LogP contribution in [0, 0.1) is 6.92 Å². The first kappa shape index (κ1) is 16.9. The van der Waals surface area contributed by atoms with Crippen molar-refractivity contribution in [1.82, 2.24) is 15.3 Å². The van der Waals surface area contributed by atoms with Crippen molar-refractivity contribution in [3.8, 4) is 0 Å². The molecule has 5 heteroatoms. The van der Waals surface area contributed by atoms with Crippen LogP contribution in [0.3, 0.4) is 0 Å². The highest BCUT2D eigenvalue weighted by atomic mass is 16.1. The van der Waals surface area contributed by atoms with E-state index in [1.807, 2.05) is 13.0 Å². The molecule has 0 saturated carbocycles. The summed E-state index contributed by atoms with van der Waals surface area (Å²) in [6.45, 7) is 4.58. The summed E-state index contributed by atoms with van der Waals surface area (Å²) in [5.41, 5.74) is 1.97. The third-order valence-corrected chi connectivity index (χ3v) is 4.85. The number of hydrogen-bond donors (Lipinski definition) is 1. The summed E-state index contributed by atoms with van der Waals surface area (Å²) < 4.78 is 0. The second-order valence-corrected chi connectivity index (χ2v) is 6.82. The molecule has 1 saturated heterocycles. The van der Waals surface area contributed by atoms with E-state index in [-0.39, 0.29) is 5.91 Å². The Labute approximate surface area is 144 Å². The lowest BCUT2D eigenvalue weighted by molar-refractivity contribution is 0.0948. The summed E-state index contributed by atoms with van der Waals surface area (Å²) in [6, 6.07) is 1.84. The molecule has 3 rings (SSSR count). The van der Waals surface area contributed by atoms with Gasteiger partial charge in [-0.15, -0.1) is 0 Å². The molecule has 0 spiro atoms. The van der Waals surface area contributed by atoms with Gasteiger partial charge in [-0.05, 0) is 58.3 Å². The van der Waals surface area contributed by atoms with Gasteiger partial charge in [0.1, 0.15) is 17.3 Å².